The molecular weight excluding hydrogens is 170 g/mol. The topological polar surface area (TPSA) is 12.9 Å². The van der Waals surface area contributed by atoms with E-state index in [0.29, 0.717) is 0 Å². The Bertz CT molecular complexity index is 388. The lowest BCUT2D eigenvalue weighted by atomic mass is 10.1. The predicted octanol–water partition coefficient (Wildman–Crippen LogP) is 3.96. The van der Waals surface area contributed by atoms with Gasteiger partial charge < -0.3 is 0 Å². The molecule has 0 bridgehead atoms. The zero-order chi connectivity index (χ0) is 10.4. The van der Waals surface area contributed by atoms with Gasteiger partial charge in [-0.15, -0.1) is 0 Å². The van der Waals surface area contributed by atoms with Crippen LogP contribution in [0.4, 0.5) is 0 Å². The average molecular weight is 187 g/mol. The van der Waals surface area contributed by atoms with Gasteiger partial charge in [0.1, 0.15) is 0 Å². The Balaban J connectivity index is 0.000000293. The highest BCUT2D eigenvalue weighted by Gasteiger charge is 1.93. The lowest BCUT2D eigenvalue weighted by molar-refractivity contribution is 1.09. The van der Waals surface area contributed by atoms with Gasteiger partial charge in [-0.05, 0) is 17.9 Å². The zero-order valence-electron chi connectivity index (χ0n) is 9.12. The Morgan fingerprint density at radius 2 is 1.71 bits per heavy atom. The number of aromatic nitrogens is 1. The molecule has 0 aliphatic heterocycles. The summed E-state index contributed by atoms with van der Waals surface area (Å²) >= 11 is 0. The number of hydrogen-bond acceptors (Lipinski definition) is 1. The van der Waals surface area contributed by atoms with E-state index in [-0.39, 0.29) is 0 Å². The largest absolute Gasteiger partial charge is 0.264 e. The first-order valence-electron chi connectivity index (χ1n) is 5.09. The molecule has 0 atom stereocenters. The molecule has 2 rings (SSSR count). The van der Waals surface area contributed by atoms with E-state index in [1.165, 1.54) is 22.8 Å². The van der Waals surface area contributed by atoms with Crippen molar-refractivity contribution in [1.82, 2.24) is 4.98 Å². The lowest BCUT2D eigenvalue weighted by Gasteiger charge is -1.98. The fraction of sp³-hybridized carbons (Fsp3) is 0.308. The summed E-state index contributed by atoms with van der Waals surface area (Å²) in [6.07, 6.45) is 5.03. The van der Waals surface area contributed by atoms with Gasteiger partial charge in [0.05, 0.1) is 0 Å². The van der Waals surface area contributed by atoms with Crippen LogP contribution in [0.2, 0.25) is 0 Å². The first-order valence-corrected chi connectivity index (χ1v) is 5.09. The van der Waals surface area contributed by atoms with Gasteiger partial charge >= 0.3 is 0 Å². The van der Waals surface area contributed by atoms with Gasteiger partial charge in [0.15, 0.2) is 0 Å². The molecule has 0 N–H and O–H groups in total. The minimum Gasteiger partial charge on any atom is -0.264 e. The Morgan fingerprint density at radius 3 is 2.36 bits per heavy atom. The van der Waals surface area contributed by atoms with Crippen molar-refractivity contribution in [1.29, 1.82) is 0 Å². The van der Waals surface area contributed by atoms with Crippen LogP contribution in [-0.2, 0) is 0 Å². The Labute approximate surface area is 85.8 Å². The SMILES string of the molecule is CCC.Cc1cncc2ccccc12. The van der Waals surface area contributed by atoms with Crippen molar-refractivity contribution in [3.8, 4) is 0 Å². The van der Waals surface area contributed by atoms with Crippen molar-refractivity contribution >= 4 is 10.8 Å². The summed E-state index contributed by atoms with van der Waals surface area (Å²) in [5.41, 5.74) is 1.24. The Kier molecular flexibility index (Phi) is 4.11. The highest BCUT2D eigenvalue weighted by molar-refractivity contribution is 5.84. The summed E-state index contributed by atoms with van der Waals surface area (Å²) < 4.78 is 0. The second-order valence-electron chi connectivity index (χ2n) is 3.38. The molecule has 1 nitrogen and oxygen atoms in total. The fourth-order valence-electron chi connectivity index (χ4n) is 1.27. The first-order chi connectivity index (χ1) is 6.79. The van der Waals surface area contributed by atoms with Crippen LogP contribution in [0.15, 0.2) is 36.7 Å². The molecule has 0 radical (unpaired) electrons. The van der Waals surface area contributed by atoms with Crippen molar-refractivity contribution in [2.45, 2.75) is 27.2 Å². The van der Waals surface area contributed by atoms with E-state index in [1.807, 2.05) is 18.5 Å². The predicted molar refractivity (Wildman–Crippen MR) is 62.4 cm³/mol. The molecule has 0 saturated carbocycles. The Morgan fingerprint density at radius 1 is 1.07 bits per heavy atom. The minimum atomic E-state index is 1.22. The monoisotopic (exact) mass is 187 g/mol. The molecule has 0 unspecified atom stereocenters. The Hall–Kier alpha value is -1.37. The van der Waals surface area contributed by atoms with Gasteiger partial charge in [-0.25, -0.2) is 0 Å². The van der Waals surface area contributed by atoms with E-state index in [9.17, 15) is 0 Å². The maximum absolute atomic E-state index is 4.11. The maximum Gasteiger partial charge on any atom is 0.0346 e. The lowest BCUT2D eigenvalue weighted by Crippen LogP contribution is -1.79. The van der Waals surface area contributed by atoms with Crippen molar-refractivity contribution in [2.75, 3.05) is 0 Å². The molecule has 0 saturated heterocycles. The molecule has 1 heterocycles. The summed E-state index contributed by atoms with van der Waals surface area (Å²) in [7, 11) is 0. The molecule has 1 aromatic heterocycles. The van der Waals surface area contributed by atoms with Gasteiger partial charge in [0.25, 0.3) is 0 Å². The number of fused-ring (bicyclic) bond motifs is 1. The van der Waals surface area contributed by atoms with E-state index in [4.69, 9.17) is 0 Å². The van der Waals surface area contributed by atoms with Crippen LogP contribution in [-0.4, -0.2) is 4.98 Å². The van der Waals surface area contributed by atoms with Crippen LogP contribution in [0.25, 0.3) is 10.8 Å². The van der Waals surface area contributed by atoms with Crippen molar-refractivity contribution in [3.05, 3.63) is 42.2 Å². The molecule has 1 heteroatoms. The van der Waals surface area contributed by atoms with E-state index in [2.05, 4.69) is 44.0 Å². The van der Waals surface area contributed by atoms with Gasteiger partial charge in [0, 0.05) is 17.8 Å². The molecule has 2 aromatic rings. The third kappa shape index (κ3) is 2.56. The van der Waals surface area contributed by atoms with Crippen molar-refractivity contribution in [3.63, 3.8) is 0 Å². The normalized spacial score (nSPS) is 9.36. The van der Waals surface area contributed by atoms with E-state index in [1.54, 1.807) is 0 Å². The van der Waals surface area contributed by atoms with Gasteiger partial charge in [0.2, 0.25) is 0 Å². The molecule has 0 fully saturated rings. The highest BCUT2D eigenvalue weighted by Crippen LogP contribution is 2.14. The molecule has 14 heavy (non-hydrogen) atoms. The van der Waals surface area contributed by atoms with Crippen molar-refractivity contribution < 1.29 is 0 Å². The first kappa shape index (κ1) is 10.7. The van der Waals surface area contributed by atoms with E-state index < -0.39 is 0 Å². The number of hydrogen-bond donors (Lipinski definition) is 0. The van der Waals surface area contributed by atoms with Crippen LogP contribution in [0.1, 0.15) is 25.8 Å². The standard InChI is InChI=1S/C10H9N.C3H8/c1-8-6-11-7-9-4-2-3-5-10(8)9;1-3-2/h2-7H,1H3;3H2,1-2H3. The maximum atomic E-state index is 4.11. The molecule has 74 valence electrons. The number of pyridine rings is 1. The molecule has 0 amide bonds. The van der Waals surface area contributed by atoms with Crippen LogP contribution in [0, 0.1) is 6.92 Å². The van der Waals surface area contributed by atoms with Crippen LogP contribution < -0.4 is 0 Å². The average Bonchev–Trinajstić information content (AvgIpc) is 2.20. The third-order valence-electron chi connectivity index (χ3n) is 1.87. The molecule has 0 aliphatic carbocycles. The van der Waals surface area contributed by atoms with Crippen LogP contribution in [0.3, 0.4) is 0 Å². The van der Waals surface area contributed by atoms with Crippen LogP contribution in [0.5, 0.6) is 0 Å². The molecule has 0 aliphatic rings. The van der Waals surface area contributed by atoms with Gasteiger partial charge in [-0.3, -0.25) is 4.98 Å². The molecule has 0 spiro atoms. The second kappa shape index (κ2) is 5.38. The van der Waals surface area contributed by atoms with Crippen LogP contribution >= 0.6 is 0 Å². The highest BCUT2D eigenvalue weighted by atomic mass is 14.6. The summed E-state index contributed by atoms with van der Waals surface area (Å²) in [4.78, 5) is 4.11. The van der Waals surface area contributed by atoms with Gasteiger partial charge in [-0.2, -0.15) is 0 Å². The molecule has 1 aromatic carbocycles. The number of nitrogens with zero attached hydrogens (tertiary/aromatic N) is 1. The van der Waals surface area contributed by atoms with Crippen molar-refractivity contribution in [2.24, 2.45) is 0 Å². The molecular formula is C13H17N. The van der Waals surface area contributed by atoms with E-state index >= 15 is 0 Å². The third-order valence-corrected chi connectivity index (χ3v) is 1.87. The number of benzene rings is 1. The summed E-state index contributed by atoms with van der Waals surface area (Å²) in [5.74, 6) is 0. The van der Waals surface area contributed by atoms with E-state index in [0.717, 1.165) is 0 Å². The summed E-state index contributed by atoms with van der Waals surface area (Å²) in [6.45, 7) is 6.33. The zero-order valence-corrected chi connectivity index (χ0v) is 9.12. The summed E-state index contributed by atoms with van der Waals surface area (Å²) in [6, 6.07) is 8.28. The number of rotatable bonds is 0. The fourth-order valence-corrected chi connectivity index (χ4v) is 1.27. The smallest absolute Gasteiger partial charge is 0.0346 e. The minimum absolute atomic E-state index is 1.22. The quantitative estimate of drug-likeness (QED) is 0.608. The second-order valence-corrected chi connectivity index (χ2v) is 3.38. The van der Waals surface area contributed by atoms with Gasteiger partial charge in [-0.1, -0.05) is 44.5 Å². The number of aryl methyl sites for hydroxylation is 1. The summed E-state index contributed by atoms with van der Waals surface area (Å²) in [5, 5.41) is 2.51.